The van der Waals surface area contributed by atoms with Gasteiger partial charge in [0.25, 0.3) is 0 Å². The maximum atomic E-state index is 13.0. The quantitative estimate of drug-likeness (QED) is 0.799. The molecule has 0 radical (unpaired) electrons. The van der Waals surface area contributed by atoms with Crippen molar-refractivity contribution in [1.82, 2.24) is 4.31 Å². The van der Waals surface area contributed by atoms with Crippen LogP contribution in [0, 0.1) is 5.82 Å². The largest absolute Gasteiger partial charge is 0.298 e. The van der Waals surface area contributed by atoms with Gasteiger partial charge in [-0.3, -0.25) is 4.79 Å². The summed E-state index contributed by atoms with van der Waals surface area (Å²) >= 11 is 0. The van der Waals surface area contributed by atoms with Crippen LogP contribution in [0.5, 0.6) is 0 Å². The predicted octanol–water partition coefficient (Wildman–Crippen LogP) is 1.18. The van der Waals surface area contributed by atoms with Gasteiger partial charge in [-0.15, -0.1) is 0 Å². The van der Waals surface area contributed by atoms with E-state index in [4.69, 9.17) is 0 Å². The van der Waals surface area contributed by atoms with Gasteiger partial charge in [-0.2, -0.15) is 4.31 Å². The Morgan fingerprint density at radius 3 is 2.71 bits per heavy atom. The number of hydrogen-bond acceptors (Lipinski definition) is 3. The molecule has 0 unspecified atom stereocenters. The van der Waals surface area contributed by atoms with Gasteiger partial charge in [0.15, 0.2) is 0 Å². The van der Waals surface area contributed by atoms with Crippen LogP contribution in [-0.2, 0) is 14.8 Å². The van der Waals surface area contributed by atoms with Crippen molar-refractivity contribution < 1.29 is 17.6 Å². The average molecular weight is 257 g/mol. The first-order chi connectivity index (χ1) is 8.00. The minimum Gasteiger partial charge on any atom is -0.298 e. The summed E-state index contributed by atoms with van der Waals surface area (Å²) in [4.78, 5) is 11.1. The fourth-order valence-electron chi connectivity index (χ4n) is 1.79. The van der Waals surface area contributed by atoms with E-state index in [2.05, 4.69) is 0 Å². The number of carbonyl (C=O) groups excluding carboxylic acids is 1. The van der Waals surface area contributed by atoms with Crippen LogP contribution in [0.2, 0.25) is 0 Å². The zero-order valence-electron chi connectivity index (χ0n) is 9.10. The van der Waals surface area contributed by atoms with E-state index in [1.165, 1.54) is 18.2 Å². The summed E-state index contributed by atoms with van der Waals surface area (Å²) < 4.78 is 38.3. The Bertz CT molecular complexity index is 541. The Labute approximate surface area is 99.1 Å². The molecule has 1 aliphatic rings. The summed E-state index contributed by atoms with van der Waals surface area (Å²) in [7, 11) is -3.74. The molecule has 0 atom stereocenters. The third-order valence-corrected chi connectivity index (χ3v) is 4.49. The minimum absolute atomic E-state index is 0.101. The molecule has 1 heterocycles. The first-order valence-corrected chi connectivity index (χ1v) is 6.71. The zero-order valence-corrected chi connectivity index (χ0v) is 9.91. The van der Waals surface area contributed by atoms with Gasteiger partial charge in [0.2, 0.25) is 10.0 Å². The molecule has 2 rings (SSSR count). The van der Waals surface area contributed by atoms with Gasteiger partial charge in [0.05, 0.1) is 11.4 Å². The molecule has 0 spiro atoms. The van der Waals surface area contributed by atoms with Gasteiger partial charge in [-0.1, -0.05) is 6.07 Å². The Morgan fingerprint density at radius 2 is 2.06 bits per heavy atom. The van der Waals surface area contributed by atoms with Gasteiger partial charge < -0.3 is 0 Å². The van der Waals surface area contributed by atoms with Crippen molar-refractivity contribution in [2.24, 2.45) is 0 Å². The summed E-state index contributed by atoms with van der Waals surface area (Å²) in [6.07, 6.45) is 0.933. The van der Waals surface area contributed by atoms with E-state index in [0.717, 1.165) is 10.4 Å². The highest BCUT2D eigenvalue weighted by atomic mass is 32.2. The second-order valence-electron chi connectivity index (χ2n) is 3.94. The third kappa shape index (κ3) is 2.53. The lowest BCUT2D eigenvalue weighted by Gasteiger charge is -2.24. The number of hydrogen-bond donors (Lipinski definition) is 0. The molecule has 92 valence electrons. The Hall–Kier alpha value is -1.27. The lowest BCUT2D eigenvalue weighted by atomic mass is 10.1. The smallest absolute Gasteiger partial charge is 0.243 e. The molecule has 1 aliphatic heterocycles. The number of sulfonamides is 1. The Balaban J connectivity index is 2.33. The summed E-state index contributed by atoms with van der Waals surface area (Å²) in [5, 5.41) is 0. The summed E-state index contributed by atoms with van der Waals surface area (Å²) in [5.74, 6) is -0.703. The monoisotopic (exact) mass is 257 g/mol. The maximum Gasteiger partial charge on any atom is 0.243 e. The molecule has 17 heavy (non-hydrogen) atoms. The number of rotatable bonds is 2. The lowest BCUT2D eigenvalue weighted by molar-refractivity contribution is -0.120. The highest BCUT2D eigenvalue weighted by molar-refractivity contribution is 7.89. The SMILES string of the molecule is O=C1CCCN(S(=O)(=O)c2cccc(F)c2)C1. The first kappa shape index (κ1) is 12.2. The summed E-state index contributed by atoms with van der Waals surface area (Å²) in [5.41, 5.74) is 0. The molecule has 0 amide bonds. The normalized spacial score (nSPS) is 18.3. The van der Waals surface area contributed by atoms with Crippen LogP contribution in [0.1, 0.15) is 12.8 Å². The van der Waals surface area contributed by atoms with Crippen LogP contribution in [0.15, 0.2) is 29.2 Å². The molecule has 6 heteroatoms. The number of ketones is 1. The molecule has 1 aromatic carbocycles. The molecule has 0 saturated carbocycles. The van der Waals surface area contributed by atoms with Gasteiger partial charge in [-0.25, -0.2) is 12.8 Å². The van der Waals surface area contributed by atoms with Crippen molar-refractivity contribution >= 4 is 15.8 Å². The van der Waals surface area contributed by atoms with Crippen LogP contribution < -0.4 is 0 Å². The Kier molecular flexibility index (Phi) is 3.26. The second kappa shape index (κ2) is 4.54. The van der Waals surface area contributed by atoms with Gasteiger partial charge in [-0.05, 0) is 24.6 Å². The summed E-state index contributed by atoms with van der Waals surface area (Å²) in [6.45, 7) is 0.198. The van der Waals surface area contributed by atoms with Crippen molar-refractivity contribution in [1.29, 1.82) is 0 Å². The molecular weight excluding hydrogens is 245 g/mol. The van der Waals surface area contributed by atoms with Gasteiger partial charge >= 0.3 is 0 Å². The number of halogens is 1. The molecule has 1 aromatic rings. The highest BCUT2D eigenvalue weighted by Gasteiger charge is 2.29. The molecule has 0 bridgehead atoms. The van der Waals surface area contributed by atoms with Crippen molar-refractivity contribution in [2.75, 3.05) is 13.1 Å². The van der Waals surface area contributed by atoms with Crippen LogP contribution in [-0.4, -0.2) is 31.6 Å². The van der Waals surface area contributed by atoms with E-state index in [9.17, 15) is 17.6 Å². The standard InChI is InChI=1S/C11H12FNO3S/c12-9-3-1-5-11(7-9)17(15,16)13-6-2-4-10(14)8-13/h1,3,5,7H,2,4,6,8H2. The molecule has 4 nitrogen and oxygen atoms in total. The lowest BCUT2D eigenvalue weighted by Crippen LogP contribution is -2.40. The van der Waals surface area contributed by atoms with E-state index in [-0.39, 0.29) is 17.2 Å². The Morgan fingerprint density at radius 1 is 1.29 bits per heavy atom. The van der Waals surface area contributed by atoms with Gasteiger partial charge in [0, 0.05) is 13.0 Å². The second-order valence-corrected chi connectivity index (χ2v) is 5.88. The van der Waals surface area contributed by atoms with Crippen LogP contribution in [0.4, 0.5) is 4.39 Å². The number of nitrogens with zero attached hydrogens (tertiary/aromatic N) is 1. The van der Waals surface area contributed by atoms with Crippen molar-refractivity contribution in [3.8, 4) is 0 Å². The maximum absolute atomic E-state index is 13.0. The molecule has 1 fully saturated rings. The molecule has 0 aliphatic carbocycles. The first-order valence-electron chi connectivity index (χ1n) is 5.27. The fourth-order valence-corrected chi connectivity index (χ4v) is 3.28. The molecular formula is C11H12FNO3S. The topological polar surface area (TPSA) is 54.5 Å². The van der Waals surface area contributed by atoms with Gasteiger partial charge in [0.1, 0.15) is 11.6 Å². The zero-order chi connectivity index (χ0) is 12.5. The van der Waals surface area contributed by atoms with Crippen LogP contribution >= 0.6 is 0 Å². The van der Waals surface area contributed by atoms with E-state index >= 15 is 0 Å². The third-order valence-electron chi connectivity index (χ3n) is 2.65. The molecule has 0 aromatic heterocycles. The van der Waals surface area contributed by atoms with Crippen molar-refractivity contribution in [2.45, 2.75) is 17.7 Å². The number of Topliss-reactive ketones (excluding diaryl/α,β-unsaturated/α-hetero) is 1. The minimum atomic E-state index is -3.74. The molecule has 1 saturated heterocycles. The molecule has 0 N–H and O–H groups in total. The van der Waals surface area contributed by atoms with E-state index in [0.29, 0.717) is 19.4 Å². The van der Waals surface area contributed by atoms with E-state index < -0.39 is 15.8 Å². The van der Waals surface area contributed by atoms with E-state index in [1.807, 2.05) is 0 Å². The summed E-state index contributed by atoms with van der Waals surface area (Å²) in [6, 6.07) is 4.82. The number of piperidine rings is 1. The number of carbonyl (C=O) groups is 1. The van der Waals surface area contributed by atoms with Crippen molar-refractivity contribution in [3.63, 3.8) is 0 Å². The highest BCUT2D eigenvalue weighted by Crippen LogP contribution is 2.19. The van der Waals surface area contributed by atoms with E-state index in [1.54, 1.807) is 0 Å². The van der Waals surface area contributed by atoms with Crippen LogP contribution in [0.25, 0.3) is 0 Å². The van der Waals surface area contributed by atoms with Crippen LogP contribution in [0.3, 0.4) is 0 Å². The predicted molar refractivity (Wildman–Crippen MR) is 59.4 cm³/mol. The fraction of sp³-hybridized carbons (Fsp3) is 0.364. The van der Waals surface area contributed by atoms with Crippen molar-refractivity contribution in [3.05, 3.63) is 30.1 Å². The average Bonchev–Trinajstić information content (AvgIpc) is 2.29. The number of benzene rings is 1.